The molecule has 8 rings (SSSR count). The molecule has 3 atom stereocenters. The number of benzene rings is 4. The molecule has 8 heteroatoms. The summed E-state index contributed by atoms with van der Waals surface area (Å²) in [4.78, 5) is 9.30. The number of para-hydroxylation sites is 2. The second-order valence-electron chi connectivity index (χ2n) is 13.8. The normalized spacial score (nSPS) is 13.5. The second kappa shape index (κ2) is 14.0. The van der Waals surface area contributed by atoms with Crippen LogP contribution >= 0.6 is 0 Å². The molecular formula is C44H40N6O2. The summed E-state index contributed by atoms with van der Waals surface area (Å²) in [6.45, 7) is 6.44. The number of pyridine rings is 2. The Bertz CT molecular complexity index is 2500. The van der Waals surface area contributed by atoms with Gasteiger partial charge in [0.25, 0.3) is 0 Å². The van der Waals surface area contributed by atoms with Gasteiger partial charge in [-0.1, -0.05) is 97.0 Å². The van der Waals surface area contributed by atoms with Gasteiger partial charge in [0.05, 0.1) is 5.39 Å². The van der Waals surface area contributed by atoms with Gasteiger partial charge >= 0.3 is 0 Å². The summed E-state index contributed by atoms with van der Waals surface area (Å²) in [7, 11) is 0. The highest BCUT2D eigenvalue weighted by molar-refractivity contribution is 6.01. The van der Waals surface area contributed by atoms with E-state index < -0.39 is 0 Å². The van der Waals surface area contributed by atoms with Gasteiger partial charge in [0.1, 0.15) is 11.4 Å². The predicted molar refractivity (Wildman–Crippen MR) is 206 cm³/mol. The second-order valence-corrected chi connectivity index (χ2v) is 13.8. The Kier molecular flexibility index (Phi) is 8.93. The van der Waals surface area contributed by atoms with E-state index in [9.17, 15) is 0 Å². The summed E-state index contributed by atoms with van der Waals surface area (Å²) in [6, 6.07) is 37.9. The minimum Gasteiger partial charge on any atom is -0.356 e. The molecule has 8 nitrogen and oxygen atoms in total. The van der Waals surface area contributed by atoms with Crippen molar-refractivity contribution in [2.45, 2.75) is 45.2 Å². The topological polar surface area (TPSA) is 130 Å². The maximum Gasteiger partial charge on any atom is 0.175 e. The van der Waals surface area contributed by atoms with E-state index in [1.54, 1.807) is 0 Å². The molecule has 0 aliphatic carbocycles. The van der Waals surface area contributed by atoms with E-state index in [1.807, 2.05) is 73.1 Å². The van der Waals surface area contributed by atoms with Crippen LogP contribution in [0, 0.1) is 12.8 Å². The van der Waals surface area contributed by atoms with Crippen LogP contribution in [0.25, 0.3) is 55.6 Å². The molecule has 4 aromatic carbocycles. The van der Waals surface area contributed by atoms with E-state index in [-0.39, 0.29) is 23.9 Å². The maximum atomic E-state index is 7.12. The fraction of sp³-hybridized carbons (Fsp3) is 0.182. The Balaban J connectivity index is 1.23. The molecule has 0 amide bonds. The Morgan fingerprint density at radius 3 is 2.19 bits per heavy atom. The quantitative estimate of drug-likeness (QED) is 0.146. The van der Waals surface area contributed by atoms with E-state index >= 15 is 0 Å². The standard InChI is InChI=1S/C44H40N6O2/c1-26(2)40(37-18-8-9-22-47-37)41(46)31-13-4-5-14-32(31)42-34-17-10-16-29(44(34)52-50-42)28-20-21-30(36(45)25-38-27(3)12-11-23-48-38)35(24-28)43-33-15-6-7-19-39(33)51-49-43/h4-24,26,36,40-41H,25,45-46H2,1-3H3/t36-,40?,41+/m0/s1. The highest BCUT2D eigenvalue weighted by atomic mass is 16.5. The largest absolute Gasteiger partial charge is 0.356 e. The van der Waals surface area contributed by atoms with Gasteiger partial charge in [-0.2, -0.15) is 0 Å². The van der Waals surface area contributed by atoms with Crippen molar-refractivity contribution >= 4 is 21.9 Å². The molecule has 0 fully saturated rings. The summed E-state index contributed by atoms with van der Waals surface area (Å²) >= 11 is 0. The van der Waals surface area contributed by atoms with Crippen molar-refractivity contribution in [1.29, 1.82) is 0 Å². The molecule has 1 unspecified atom stereocenters. The molecule has 4 heterocycles. The fourth-order valence-corrected chi connectivity index (χ4v) is 7.48. The Morgan fingerprint density at radius 1 is 0.635 bits per heavy atom. The van der Waals surface area contributed by atoms with Gasteiger partial charge in [-0.15, -0.1) is 0 Å². The van der Waals surface area contributed by atoms with E-state index in [0.717, 1.165) is 72.5 Å². The SMILES string of the molecule is Cc1cccnc1C[C@H](N)c1ccc(-c2cccc3c(-c4ccccc4[C@@H](N)C(c4ccccn4)C(C)C)noc23)cc1-c1noc2ccccc12. The van der Waals surface area contributed by atoms with Crippen LogP contribution in [0.3, 0.4) is 0 Å². The first-order valence-corrected chi connectivity index (χ1v) is 17.7. The van der Waals surface area contributed by atoms with Gasteiger partial charge in [0, 0.05) is 70.3 Å². The third-order valence-electron chi connectivity index (χ3n) is 10.1. The molecule has 0 radical (unpaired) electrons. The van der Waals surface area contributed by atoms with Crippen molar-refractivity contribution in [3.8, 4) is 33.6 Å². The van der Waals surface area contributed by atoms with Crippen molar-refractivity contribution < 1.29 is 9.05 Å². The summed E-state index contributed by atoms with van der Waals surface area (Å²) in [5.41, 5.74) is 25.6. The first kappa shape index (κ1) is 33.2. The van der Waals surface area contributed by atoms with E-state index in [1.165, 1.54) is 0 Å². The minimum absolute atomic E-state index is 0.00795. The molecule has 4 N–H and O–H groups in total. The molecule has 0 saturated carbocycles. The number of nitrogens with two attached hydrogens (primary N) is 2. The van der Waals surface area contributed by atoms with Gasteiger partial charge < -0.3 is 20.5 Å². The first-order chi connectivity index (χ1) is 25.4. The van der Waals surface area contributed by atoms with Crippen LogP contribution in [0.5, 0.6) is 0 Å². The smallest absolute Gasteiger partial charge is 0.175 e. The van der Waals surface area contributed by atoms with Crippen molar-refractivity contribution in [2.75, 3.05) is 0 Å². The Hall–Kier alpha value is -5.96. The number of nitrogens with zero attached hydrogens (tertiary/aromatic N) is 4. The zero-order valence-electron chi connectivity index (χ0n) is 29.4. The molecule has 0 bridgehead atoms. The lowest BCUT2D eigenvalue weighted by Gasteiger charge is -2.28. The number of aromatic nitrogens is 4. The van der Waals surface area contributed by atoms with Crippen LogP contribution in [0.4, 0.5) is 0 Å². The average molecular weight is 685 g/mol. The number of rotatable bonds is 10. The molecule has 258 valence electrons. The fourth-order valence-electron chi connectivity index (χ4n) is 7.48. The van der Waals surface area contributed by atoms with Crippen LogP contribution in [0.15, 0.2) is 137 Å². The summed E-state index contributed by atoms with van der Waals surface area (Å²) in [5, 5.41) is 11.1. The van der Waals surface area contributed by atoms with Crippen LogP contribution < -0.4 is 11.5 Å². The summed E-state index contributed by atoms with van der Waals surface area (Å²) < 4.78 is 12.0. The summed E-state index contributed by atoms with van der Waals surface area (Å²) in [6.07, 6.45) is 4.22. The lowest BCUT2D eigenvalue weighted by Crippen LogP contribution is -2.25. The van der Waals surface area contributed by atoms with Crippen molar-refractivity contribution in [3.63, 3.8) is 0 Å². The summed E-state index contributed by atoms with van der Waals surface area (Å²) in [5.74, 6) is 0.271. The number of aryl methyl sites for hydroxylation is 1. The van der Waals surface area contributed by atoms with Crippen molar-refractivity contribution in [2.24, 2.45) is 17.4 Å². The van der Waals surface area contributed by atoms with Gasteiger partial charge in [-0.05, 0) is 77.6 Å². The molecule has 0 spiro atoms. The lowest BCUT2D eigenvalue weighted by molar-refractivity contribution is 0.417. The third kappa shape index (κ3) is 6.06. The van der Waals surface area contributed by atoms with Gasteiger partial charge in [-0.25, -0.2) is 0 Å². The highest BCUT2D eigenvalue weighted by Crippen LogP contribution is 2.43. The molecule has 4 aromatic heterocycles. The van der Waals surface area contributed by atoms with E-state index in [4.69, 9.17) is 20.5 Å². The van der Waals surface area contributed by atoms with Gasteiger partial charge in [0.2, 0.25) is 0 Å². The van der Waals surface area contributed by atoms with Crippen molar-refractivity contribution in [3.05, 3.63) is 156 Å². The van der Waals surface area contributed by atoms with E-state index in [2.05, 4.69) is 95.6 Å². The van der Waals surface area contributed by atoms with Gasteiger partial charge in [-0.3, -0.25) is 9.97 Å². The van der Waals surface area contributed by atoms with Gasteiger partial charge in [0.15, 0.2) is 11.2 Å². The van der Waals surface area contributed by atoms with Crippen LogP contribution in [0.2, 0.25) is 0 Å². The van der Waals surface area contributed by atoms with Crippen LogP contribution in [-0.4, -0.2) is 20.3 Å². The highest BCUT2D eigenvalue weighted by Gasteiger charge is 2.29. The Morgan fingerprint density at radius 2 is 1.37 bits per heavy atom. The van der Waals surface area contributed by atoms with E-state index in [0.29, 0.717) is 17.6 Å². The molecule has 8 aromatic rings. The molecule has 0 aliphatic heterocycles. The van der Waals surface area contributed by atoms with Crippen molar-refractivity contribution in [1.82, 2.24) is 20.3 Å². The maximum absolute atomic E-state index is 7.12. The predicted octanol–water partition coefficient (Wildman–Crippen LogP) is 9.75. The lowest BCUT2D eigenvalue weighted by atomic mass is 9.80. The molecular weight excluding hydrogens is 645 g/mol. The number of hydrogen-bond donors (Lipinski definition) is 2. The number of fused-ring (bicyclic) bond motifs is 2. The minimum atomic E-state index is -0.331. The third-order valence-corrected chi connectivity index (χ3v) is 10.1. The number of hydrogen-bond acceptors (Lipinski definition) is 8. The Labute approximate surface area is 302 Å². The zero-order chi connectivity index (χ0) is 35.8. The van der Waals surface area contributed by atoms with Crippen LogP contribution in [0.1, 0.15) is 59.9 Å². The molecule has 0 saturated heterocycles. The first-order valence-electron chi connectivity index (χ1n) is 17.7. The van der Waals surface area contributed by atoms with Crippen LogP contribution in [-0.2, 0) is 6.42 Å². The zero-order valence-corrected chi connectivity index (χ0v) is 29.4. The monoisotopic (exact) mass is 684 g/mol. The molecule has 0 aliphatic rings. The molecule has 52 heavy (non-hydrogen) atoms. The average Bonchev–Trinajstić information content (AvgIpc) is 3.81.